The van der Waals surface area contributed by atoms with Gasteiger partial charge in [0.25, 0.3) is 0 Å². The van der Waals surface area contributed by atoms with E-state index in [1.54, 1.807) is 29.2 Å². The van der Waals surface area contributed by atoms with Crippen molar-refractivity contribution < 1.29 is 9.90 Å². The molecule has 1 N–H and O–H groups in total. The lowest BCUT2D eigenvalue weighted by atomic mass is 10.2. The highest BCUT2D eigenvalue weighted by Crippen LogP contribution is 2.05. The number of hydrogen-bond acceptors (Lipinski definition) is 2. The first-order chi connectivity index (χ1) is 5.77. The predicted octanol–water partition coefficient (Wildman–Crippen LogP) is 1.03. The minimum Gasteiger partial charge on any atom is -0.478 e. The van der Waals surface area contributed by atoms with Crippen LogP contribution in [0, 0.1) is 0 Å². The van der Waals surface area contributed by atoms with Crippen LogP contribution in [0.4, 0.5) is 0 Å². The quantitative estimate of drug-likeness (QED) is 0.681. The Morgan fingerprint density at radius 2 is 2.42 bits per heavy atom. The molecule has 60 valence electrons. The monoisotopic (exact) mass is 162 g/mol. The number of carboxylic acid groups (broad SMARTS) is 1. The highest BCUT2D eigenvalue weighted by Gasteiger charge is 2.02. The van der Waals surface area contributed by atoms with Crippen molar-refractivity contribution in [3.05, 3.63) is 36.4 Å². The van der Waals surface area contributed by atoms with Crippen molar-refractivity contribution in [1.29, 1.82) is 0 Å². The molecule has 0 saturated carbocycles. The SMILES string of the molecule is O=C(O)c1ccn2cncc2c1. The maximum absolute atomic E-state index is 10.5. The Morgan fingerprint density at radius 3 is 3.17 bits per heavy atom. The van der Waals surface area contributed by atoms with E-state index in [2.05, 4.69) is 4.98 Å². The van der Waals surface area contributed by atoms with Crippen LogP contribution in [-0.2, 0) is 0 Å². The Morgan fingerprint density at radius 1 is 1.58 bits per heavy atom. The maximum atomic E-state index is 10.5. The fraction of sp³-hybridized carbons (Fsp3) is 0. The van der Waals surface area contributed by atoms with Crippen molar-refractivity contribution in [2.45, 2.75) is 0 Å². The number of rotatable bonds is 1. The lowest BCUT2D eigenvalue weighted by Gasteiger charge is -1.94. The summed E-state index contributed by atoms with van der Waals surface area (Å²) in [5.74, 6) is -0.918. The van der Waals surface area contributed by atoms with Crippen LogP contribution in [0.1, 0.15) is 10.4 Å². The van der Waals surface area contributed by atoms with Gasteiger partial charge < -0.3 is 9.51 Å². The third-order valence-electron chi connectivity index (χ3n) is 1.66. The van der Waals surface area contributed by atoms with Crippen molar-refractivity contribution >= 4 is 11.5 Å². The summed E-state index contributed by atoms with van der Waals surface area (Å²) in [5.41, 5.74) is 1.07. The number of aromatic carboxylic acids is 1. The number of fused-ring (bicyclic) bond motifs is 1. The number of carbonyl (C=O) groups is 1. The van der Waals surface area contributed by atoms with E-state index in [9.17, 15) is 4.79 Å². The van der Waals surface area contributed by atoms with Crippen molar-refractivity contribution in [3.63, 3.8) is 0 Å². The third-order valence-corrected chi connectivity index (χ3v) is 1.66. The van der Waals surface area contributed by atoms with Gasteiger partial charge in [-0.3, -0.25) is 0 Å². The molecule has 0 aliphatic rings. The summed E-state index contributed by atoms with van der Waals surface area (Å²) in [6.45, 7) is 0. The van der Waals surface area contributed by atoms with Gasteiger partial charge in [-0.25, -0.2) is 9.78 Å². The number of nitrogens with zero attached hydrogens (tertiary/aromatic N) is 2. The van der Waals surface area contributed by atoms with E-state index in [1.807, 2.05) is 0 Å². The van der Waals surface area contributed by atoms with Crippen molar-refractivity contribution in [2.24, 2.45) is 0 Å². The molecule has 12 heavy (non-hydrogen) atoms. The van der Waals surface area contributed by atoms with Crippen LogP contribution in [0.25, 0.3) is 5.52 Å². The van der Waals surface area contributed by atoms with Gasteiger partial charge in [-0.2, -0.15) is 0 Å². The predicted molar refractivity (Wildman–Crippen MR) is 42.2 cm³/mol. The van der Waals surface area contributed by atoms with Gasteiger partial charge in [-0.1, -0.05) is 0 Å². The number of carboxylic acids is 1. The van der Waals surface area contributed by atoms with Crippen LogP contribution in [0.2, 0.25) is 0 Å². The zero-order valence-electron chi connectivity index (χ0n) is 6.14. The Balaban J connectivity index is 2.68. The molecule has 0 amide bonds. The van der Waals surface area contributed by atoms with Gasteiger partial charge in [0.05, 0.1) is 23.6 Å². The Kier molecular flexibility index (Phi) is 1.33. The van der Waals surface area contributed by atoms with Gasteiger partial charge in [-0.15, -0.1) is 0 Å². The van der Waals surface area contributed by atoms with E-state index in [0.717, 1.165) is 5.52 Å². The molecule has 0 aromatic carbocycles. The van der Waals surface area contributed by atoms with Crippen molar-refractivity contribution in [3.8, 4) is 0 Å². The molecule has 4 heteroatoms. The fourth-order valence-corrected chi connectivity index (χ4v) is 1.05. The molecular formula is C8H6N2O2. The minimum absolute atomic E-state index is 0.281. The van der Waals surface area contributed by atoms with E-state index < -0.39 is 5.97 Å². The first-order valence-corrected chi connectivity index (χ1v) is 3.42. The molecule has 0 spiro atoms. The molecule has 0 aliphatic carbocycles. The van der Waals surface area contributed by atoms with Gasteiger partial charge in [-0.05, 0) is 12.1 Å². The summed E-state index contributed by atoms with van der Waals surface area (Å²) in [5, 5.41) is 8.65. The summed E-state index contributed by atoms with van der Waals surface area (Å²) in [4.78, 5) is 14.4. The van der Waals surface area contributed by atoms with E-state index in [1.165, 1.54) is 6.07 Å². The summed E-state index contributed by atoms with van der Waals surface area (Å²) < 4.78 is 1.76. The zero-order valence-corrected chi connectivity index (χ0v) is 6.14. The van der Waals surface area contributed by atoms with Crippen LogP contribution >= 0.6 is 0 Å². The smallest absolute Gasteiger partial charge is 0.335 e. The van der Waals surface area contributed by atoms with Crippen LogP contribution in [0.15, 0.2) is 30.9 Å². The van der Waals surface area contributed by atoms with E-state index >= 15 is 0 Å². The summed E-state index contributed by atoms with van der Waals surface area (Å²) >= 11 is 0. The van der Waals surface area contributed by atoms with E-state index in [-0.39, 0.29) is 5.56 Å². The molecule has 0 radical (unpaired) electrons. The number of aromatic nitrogens is 2. The maximum Gasteiger partial charge on any atom is 0.335 e. The molecule has 0 saturated heterocycles. The first kappa shape index (κ1) is 6.84. The van der Waals surface area contributed by atoms with Crippen LogP contribution in [0.5, 0.6) is 0 Å². The second-order valence-electron chi connectivity index (χ2n) is 2.45. The van der Waals surface area contributed by atoms with Crippen molar-refractivity contribution in [2.75, 3.05) is 0 Å². The van der Waals surface area contributed by atoms with Crippen LogP contribution < -0.4 is 0 Å². The highest BCUT2D eigenvalue weighted by molar-refractivity contribution is 5.88. The Hall–Kier alpha value is -1.84. The lowest BCUT2D eigenvalue weighted by Crippen LogP contribution is -1.96. The Labute approximate surface area is 68.1 Å². The van der Waals surface area contributed by atoms with Gasteiger partial charge in [0.15, 0.2) is 0 Å². The number of hydrogen-bond donors (Lipinski definition) is 1. The second kappa shape index (κ2) is 2.34. The highest BCUT2D eigenvalue weighted by atomic mass is 16.4. The average Bonchev–Trinajstić information content (AvgIpc) is 2.49. The second-order valence-corrected chi connectivity index (χ2v) is 2.45. The van der Waals surface area contributed by atoms with Gasteiger partial charge >= 0.3 is 5.97 Å². The topological polar surface area (TPSA) is 54.6 Å². The van der Waals surface area contributed by atoms with E-state index in [4.69, 9.17) is 5.11 Å². The third kappa shape index (κ3) is 0.934. The van der Waals surface area contributed by atoms with E-state index in [0.29, 0.717) is 0 Å². The molecule has 4 nitrogen and oxygen atoms in total. The Bertz CT molecular complexity index is 433. The molecule has 2 heterocycles. The minimum atomic E-state index is -0.918. The molecular weight excluding hydrogens is 156 g/mol. The number of pyridine rings is 1. The molecule has 2 aromatic rings. The molecule has 0 bridgehead atoms. The van der Waals surface area contributed by atoms with Gasteiger partial charge in [0.1, 0.15) is 0 Å². The summed E-state index contributed by atoms with van der Waals surface area (Å²) in [6, 6.07) is 3.12. The lowest BCUT2D eigenvalue weighted by molar-refractivity contribution is 0.0697. The summed E-state index contributed by atoms with van der Waals surface area (Å²) in [6.07, 6.45) is 4.92. The zero-order chi connectivity index (χ0) is 8.55. The molecule has 2 rings (SSSR count). The van der Waals surface area contributed by atoms with Crippen LogP contribution in [0.3, 0.4) is 0 Å². The number of imidazole rings is 1. The van der Waals surface area contributed by atoms with Gasteiger partial charge in [0, 0.05) is 6.20 Å². The molecule has 0 atom stereocenters. The fourth-order valence-electron chi connectivity index (χ4n) is 1.05. The first-order valence-electron chi connectivity index (χ1n) is 3.42. The molecule has 0 fully saturated rings. The summed E-state index contributed by atoms with van der Waals surface area (Å²) in [7, 11) is 0. The standard InChI is InChI=1S/C8H6N2O2/c11-8(12)6-1-2-10-5-9-4-7(10)3-6/h1-5H,(H,11,12). The van der Waals surface area contributed by atoms with Gasteiger partial charge in [0.2, 0.25) is 0 Å². The molecule has 2 aromatic heterocycles. The average molecular weight is 162 g/mol. The van der Waals surface area contributed by atoms with Crippen LogP contribution in [-0.4, -0.2) is 20.5 Å². The van der Waals surface area contributed by atoms with Crippen molar-refractivity contribution in [1.82, 2.24) is 9.38 Å². The molecule has 0 aliphatic heterocycles. The molecule has 0 unspecified atom stereocenters. The largest absolute Gasteiger partial charge is 0.478 e. The normalized spacial score (nSPS) is 10.3.